The summed E-state index contributed by atoms with van der Waals surface area (Å²) in [6, 6.07) is 6.28. The van der Waals surface area contributed by atoms with E-state index < -0.39 is 0 Å². The molecule has 1 saturated heterocycles. The molecule has 0 aromatic carbocycles. The number of rotatable bonds is 2. The van der Waals surface area contributed by atoms with Crippen molar-refractivity contribution in [3.05, 3.63) is 41.4 Å². The van der Waals surface area contributed by atoms with E-state index in [0.717, 1.165) is 28.8 Å². The molecule has 3 heterocycles. The summed E-state index contributed by atoms with van der Waals surface area (Å²) < 4.78 is 5.33. The summed E-state index contributed by atoms with van der Waals surface area (Å²) in [5, 5.41) is 6.00. The number of aromatic nitrogens is 2. The number of carbonyl (C=O) groups is 1. The number of carbonyl (C=O) groups excluding carboxylic acids is 1. The number of pyridine rings is 1. The second-order valence-electron chi connectivity index (χ2n) is 10.8. The highest BCUT2D eigenvalue weighted by Crippen LogP contribution is 2.46. The third-order valence-electron chi connectivity index (χ3n) is 5.75. The topological polar surface area (TPSA) is 71.3 Å². The van der Waals surface area contributed by atoms with Crippen molar-refractivity contribution in [2.45, 2.75) is 91.0 Å². The number of nitrogens with one attached hydrogen (secondary N) is 1. The molecule has 1 amide bonds. The van der Waals surface area contributed by atoms with E-state index in [4.69, 9.17) is 4.52 Å². The second kappa shape index (κ2) is 8.05. The van der Waals surface area contributed by atoms with E-state index in [1.165, 1.54) is 6.42 Å². The zero-order valence-electron chi connectivity index (χ0n) is 19.6. The van der Waals surface area contributed by atoms with Gasteiger partial charge in [-0.15, -0.1) is 0 Å². The fourth-order valence-corrected chi connectivity index (χ4v) is 3.64. The number of hydrazine groups is 1. The third-order valence-corrected chi connectivity index (χ3v) is 5.75. The van der Waals surface area contributed by atoms with Gasteiger partial charge in [0, 0.05) is 29.2 Å². The van der Waals surface area contributed by atoms with Crippen LogP contribution in [0.1, 0.15) is 91.2 Å². The van der Waals surface area contributed by atoms with E-state index in [1.807, 2.05) is 18.0 Å². The van der Waals surface area contributed by atoms with Crippen LogP contribution in [0.2, 0.25) is 0 Å². The van der Waals surface area contributed by atoms with Crippen LogP contribution in [0.4, 0.5) is 5.82 Å². The Bertz CT molecular complexity index is 891. The molecule has 0 spiro atoms. The van der Waals surface area contributed by atoms with Gasteiger partial charge in [-0.3, -0.25) is 15.2 Å². The van der Waals surface area contributed by atoms with Crippen molar-refractivity contribution in [2.75, 3.05) is 5.01 Å². The SMILES string of the molecule is CC1CC(=O)NN1c1ncccc1C(C)(C)C.CC1CC1c1cc(C(C)(C)C)on1. The lowest BCUT2D eigenvalue weighted by Crippen LogP contribution is -2.39. The van der Waals surface area contributed by atoms with Crippen LogP contribution < -0.4 is 10.4 Å². The molecule has 2 aromatic rings. The van der Waals surface area contributed by atoms with Crippen molar-refractivity contribution in [3.8, 4) is 0 Å². The number of hydrogen-bond donors (Lipinski definition) is 1. The van der Waals surface area contributed by atoms with E-state index in [-0.39, 0.29) is 22.8 Å². The van der Waals surface area contributed by atoms with Gasteiger partial charge in [0.25, 0.3) is 0 Å². The minimum absolute atomic E-state index is 0.0105. The molecule has 1 saturated carbocycles. The highest BCUT2D eigenvalue weighted by molar-refractivity contribution is 5.82. The lowest BCUT2D eigenvalue weighted by atomic mass is 9.87. The summed E-state index contributed by atoms with van der Waals surface area (Å²) in [4.78, 5) is 15.8. The highest BCUT2D eigenvalue weighted by Gasteiger charge is 2.37. The van der Waals surface area contributed by atoms with E-state index in [1.54, 1.807) is 6.20 Å². The van der Waals surface area contributed by atoms with Crippen LogP contribution in [0.5, 0.6) is 0 Å². The van der Waals surface area contributed by atoms with Gasteiger partial charge in [0.2, 0.25) is 5.91 Å². The first-order valence-electron chi connectivity index (χ1n) is 10.9. The molecular weight excluding hydrogens is 376 g/mol. The molecule has 3 unspecified atom stereocenters. The summed E-state index contributed by atoms with van der Waals surface area (Å²) in [7, 11) is 0. The summed E-state index contributed by atoms with van der Waals surface area (Å²) in [5.41, 5.74) is 5.26. The smallest absolute Gasteiger partial charge is 0.240 e. The highest BCUT2D eigenvalue weighted by atomic mass is 16.5. The first kappa shape index (κ1) is 22.3. The maximum absolute atomic E-state index is 11.4. The van der Waals surface area contributed by atoms with Crippen LogP contribution in [-0.2, 0) is 15.6 Å². The van der Waals surface area contributed by atoms with Gasteiger partial charge in [0.1, 0.15) is 5.76 Å². The Labute approximate surface area is 180 Å². The predicted octanol–water partition coefficient (Wildman–Crippen LogP) is 5.10. The van der Waals surface area contributed by atoms with Gasteiger partial charge in [0.05, 0.1) is 18.2 Å². The van der Waals surface area contributed by atoms with Crippen LogP contribution in [0.25, 0.3) is 0 Å². The number of amides is 1. The Balaban J connectivity index is 0.000000177. The second-order valence-corrected chi connectivity index (χ2v) is 10.8. The largest absolute Gasteiger partial charge is 0.361 e. The lowest BCUT2D eigenvalue weighted by molar-refractivity contribution is -0.119. The van der Waals surface area contributed by atoms with Crippen LogP contribution in [0.15, 0.2) is 28.9 Å². The van der Waals surface area contributed by atoms with E-state index in [0.29, 0.717) is 12.3 Å². The fourth-order valence-electron chi connectivity index (χ4n) is 3.64. The first-order valence-corrected chi connectivity index (χ1v) is 10.9. The van der Waals surface area contributed by atoms with Gasteiger partial charge in [-0.2, -0.15) is 0 Å². The average Bonchev–Trinajstić information content (AvgIpc) is 3.04. The molecule has 3 atom stereocenters. The molecule has 164 valence electrons. The summed E-state index contributed by atoms with van der Waals surface area (Å²) in [6.07, 6.45) is 3.57. The molecule has 1 aliphatic carbocycles. The number of nitrogens with zero attached hydrogens (tertiary/aromatic N) is 3. The van der Waals surface area contributed by atoms with Gasteiger partial charge in [-0.05, 0) is 30.7 Å². The Hall–Kier alpha value is -2.37. The standard InChI is InChI=1S/C13H19N3O.C11H17NO/c1-9-8-11(17)15-16(9)12-10(13(2,3)4)6-5-7-14-12;1-7-5-8(7)9-6-10(13-12-9)11(2,3)4/h5-7,9H,8H2,1-4H3,(H,15,17);6-8H,5H2,1-4H3. The monoisotopic (exact) mass is 412 g/mol. The van der Waals surface area contributed by atoms with Gasteiger partial charge in [-0.25, -0.2) is 4.98 Å². The third kappa shape index (κ3) is 5.02. The Morgan fingerprint density at radius 3 is 2.27 bits per heavy atom. The molecule has 6 heteroatoms. The number of anilines is 1. The van der Waals surface area contributed by atoms with Crippen molar-refractivity contribution in [2.24, 2.45) is 5.92 Å². The lowest BCUT2D eigenvalue weighted by Gasteiger charge is -2.29. The Morgan fingerprint density at radius 2 is 1.80 bits per heavy atom. The molecule has 2 aliphatic rings. The molecule has 2 aromatic heterocycles. The Kier molecular flexibility index (Phi) is 5.99. The van der Waals surface area contributed by atoms with Crippen LogP contribution >= 0.6 is 0 Å². The fraction of sp³-hybridized carbons (Fsp3) is 0.625. The minimum Gasteiger partial charge on any atom is -0.361 e. The maximum Gasteiger partial charge on any atom is 0.240 e. The molecule has 1 aliphatic heterocycles. The van der Waals surface area contributed by atoms with Crippen molar-refractivity contribution >= 4 is 11.7 Å². The molecule has 30 heavy (non-hydrogen) atoms. The molecular formula is C24H36N4O2. The predicted molar refractivity (Wildman–Crippen MR) is 119 cm³/mol. The van der Waals surface area contributed by atoms with Crippen molar-refractivity contribution in [1.82, 2.24) is 15.6 Å². The molecule has 6 nitrogen and oxygen atoms in total. The van der Waals surface area contributed by atoms with E-state index in [9.17, 15) is 4.79 Å². The van der Waals surface area contributed by atoms with Crippen molar-refractivity contribution < 1.29 is 9.32 Å². The summed E-state index contributed by atoms with van der Waals surface area (Å²) in [6.45, 7) is 17.2. The van der Waals surface area contributed by atoms with Gasteiger partial charge >= 0.3 is 0 Å². The summed E-state index contributed by atoms with van der Waals surface area (Å²) in [5.74, 6) is 3.39. The Morgan fingerprint density at radius 1 is 1.13 bits per heavy atom. The quantitative estimate of drug-likeness (QED) is 0.743. The normalized spacial score (nSPS) is 23.7. The molecule has 2 fully saturated rings. The van der Waals surface area contributed by atoms with Gasteiger partial charge in [0.15, 0.2) is 5.82 Å². The molecule has 4 rings (SSSR count). The van der Waals surface area contributed by atoms with Crippen LogP contribution in [0.3, 0.4) is 0 Å². The zero-order valence-corrected chi connectivity index (χ0v) is 19.6. The molecule has 1 N–H and O–H groups in total. The van der Waals surface area contributed by atoms with Gasteiger partial charge in [-0.1, -0.05) is 59.7 Å². The van der Waals surface area contributed by atoms with Crippen LogP contribution in [-0.4, -0.2) is 22.1 Å². The molecule has 0 radical (unpaired) electrons. The minimum atomic E-state index is 0.0105. The first-order chi connectivity index (χ1) is 13.9. The van der Waals surface area contributed by atoms with Crippen LogP contribution in [0, 0.1) is 5.92 Å². The van der Waals surface area contributed by atoms with E-state index in [2.05, 4.69) is 76.2 Å². The van der Waals surface area contributed by atoms with Crippen molar-refractivity contribution in [3.63, 3.8) is 0 Å². The van der Waals surface area contributed by atoms with Gasteiger partial charge < -0.3 is 4.52 Å². The summed E-state index contributed by atoms with van der Waals surface area (Å²) >= 11 is 0. The average molecular weight is 413 g/mol. The maximum atomic E-state index is 11.4. The zero-order chi connectivity index (χ0) is 22.3. The molecule has 0 bridgehead atoms. The van der Waals surface area contributed by atoms with Crippen molar-refractivity contribution in [1.29, 1.82) is 0 Å². The van der Waals surface area contributed by atoms with E-state index >= 15 is 0 Å². The number of hydrogen-bond acceptors (Lipinski definition) is 5.